The topological polar surface area (TPSA) is 3.24 Å². The van der Waals surface area contributed by atoms with Crippen molar-refractivity contribution in [2.75, 3.05) is 4.90 Å². The summed E-state index contributed by atoms with van der Waals surface area (Å²) < 4.78 is 0. The van der Waals surface area contributed by atoms with Gasteiger partial charge in [-0.2, -0.15) is 0 Å². The van der Waals surface area contributed by atoms with Crippen LogP contribution in [0.4, 0.5) is 17.1 Å². The van der Waals surface area contributed by atoms with Crippen molar-refractivity contribution >= 4 is 17.1 Å². The summed E-state index contributed by atoms with van der Waals surface area (Å²) in [5, 5.41) is 0. The Morgan fingerprint density at radius 1 is 0.283 bits per heavy atom. The van der Waals surface area contributed by atoms with E-state index in [1.54, 1.807) is 0 Å². The van der Waals surface area contributed by atoms with Crippen LogP contribution in [0.2, 0.25) is 0 Å². The van der Waals surface area contributed by atoms with Crippen LogP contribution in [0.1, 0.15) is 48.6 Å². The lowest BCUT2D eigenvalue weighted by atomic mass is 9.74. The van der Waals surface area contributed by atoms with Gasteiger partial charge in [0.05, 0.1) is 0 Å². The Kier molecular flexibility index (Phi) is 8.36. The highest BCUT2D eigenvalue weighted by Crippen LogP contribution is 2.55. The van der Waals surface area contributed by atoms with Gasteiger partial charge in [0.25, 0.3) is 0 Å². The normalized spacial score (nSPS) is 15.4. The van der Waals surface area contributed by atoms with Crippen LogP contribution in [0.25, 0.3) is 55.6 Å². The zero-order chi connectivity index (χ0) is 40.4. The van der Waals surface area contributed by atoms with Crippen molar-refractivity contribution in [3.63, 3.8) is 0 Å². The van der Waals surface area contributed by atoms with Crippen molar-refractivity contribution in [3.05, 3.63) is 246 Å². The number of hydrogen-bond acceptors (Lipinski definition) is 1. The van der Waals surface area contributed by atoms with Crippen molar-refractivity contribution < 1.29 is 0 Å². The largest absolute Gasteiger partial charge is 0.310 e. The van der Waals surface area contributed by atoms with Crippen LogP contribution in [-0.2, 0) is 10.8 Å². The molecule has 11 rings (SSSR count). The van der Waals surface area contributed by atoms with Gasteiger partial charge in [-0.25, -0.2) is 0 Å². The smallest absolute Gasteiger partial charge is 0.0465 e. The highest BCUT2D eigenvalue weighted by Gasteiger charge is 2.41. The quantitative estimate of drug-likeness (QED) is 0.156. The summed E-state index contributed by atoms with van der Waals surface area (Å²) in [6, 6.07) is 80.7. The molecule has 0 amide bonds. The molecule has 0 aliphatic heterocycles. The summed E-state index contributed by atoms with van der Waals surface area (Å²) in [7, 11) is 0. The molecular formula is C59H45N. The molecule has 2 aliphatic rings. The Hall–Kier alpha value is -7.22. The second-order valence-electron chi connectivity index (χ2n) is 17.1. The Morgan fingerprint density at radius 3 is 1.25 bits per heavy atom. The summed E-state index contributed by atoms with van der Waals surface area (Å²) in [5.74, 6) is 0. The van der Waals surface area contributed by atoms with Gasteiger partial charge in [-0.05, 0) is 145 Å². The summed E-state index contributed by atoms with van der Waals surface area (Å²) in [5.41, 5.74) is 22.2. The molecule has 0 saturated carbocycles. The number of benzene rings is 9. The first-order chi connectivity index (χ1) is 29.4. The molecule has 2 aliphatic carbocycles. The molecule has 0 aromatic heterocycles. The van der Waals surface area contributed by atoms with E-state index >= 15 is 0 Å². The predicted molar refractivity (Wildman–Crippen MR) is 252 cm³/mol. The average Bonchev–Trinajstić information content (AvgIpc) is 3.71. The Morgan fingerprint density at radius 2 is 0.683 bits per heavy atom. The van der Waals surface area contributed by atoms with E-state index in [-0.39, 0.29) is 10.8 Å². The SMILES string of the molecule is CC1(C)c2ccccc2-c2ccc(N(c3ccc(-c4cc(-c5ccccc5)cc(-c5ccccc5)c4)cc3)c3ccc4c(c3)C(C)(c3ccccc3)c3ccccc3-4)cc21. The molecule has 9 aromatic rings. The fraction of sp³-hybridized carbons (Fsp3) is 0.0847. The molecule has 0 spiro atoms. The van der Waals surface area contributed by atoms with Crippen molar-refractivity contribution in [3.8, 4) is 55.6 Å². The summed E-state index contributed by atoms with van der Waals surface area (Å²) in [6.07, 6.45) is 0. The van der Waals surface area contributed by atoms with Gasteiger partial charge in [0.1, 0.15) is 0 Å². The van der Waals surface area contributed by atoms with Gasteiger partial charge >= 0.3 is 0 Å². The molecule has 0 heterocycles. The van der Waals surface area contributed by atoms with Crippen LogP contribution < -0.4 is 4.90 Å². The third-order valence-electron chi connectivity index (χ3n) is 13.3. The molecule has 60 heavy (non-hydrogen) atoms. The molecule has 9 aromatic carbocycles. The Labute approximate surface area is 353 Å². The maximum absolute atomic E-state index is 2.47. The van der Waals surface area contributed by atoms with E-state index in [0.29, 0.717) is 0 Å². The van der Waals surface area contributed by atoms with Crippen molar-refractivity contribution in [1.29, 1.82) is 0 Å². The third kappa shape index (κ3) is 5.68. The zero-order valence-electron chi connectivity index (χ0n) is 34.2. The zero-order valence-corrected chi connectivity index (χ0v) is 34.2. The monoisotopic (exact) mass is 767 g/mol. The molecule has 0 fully saturated rings. The first kappa shape index (κ1) is 35.9. The molecule has 0 saturated heterocycles. The van der Waals surface area contributed by atoms with Crippen molar-refractivity contribution in [2.24, 2.45) is 0 Å². The minimum Gasteiger partial charge on any atom is -0.310 e. The first-order valence-electron chi connectivity index (χ1n) is 21.1. The summed E-state index contributed by atoms with van der Waals surface area (Å²) >= 11 is 0. The van der Waals surface area contributed by atoms with Crippen LogP contribution in [-0.4, -0.2) is 0 Å². The van der Waals surface area contributed by atoms with Gasteiger partial charge in [-0.1, -0.05) is 178 Å². The van der Waals surface area contributed by atoms with Crippen molar-refractivity contribution in [2.45, 2.75) is 31.6 Å². The maximum Gasteiger partial charge on any atom is 0.0465 e. The lowest BCUT2D eigenvalue weighted by Crippen LogP contribution is -2.23. The van der Waals surface area contributed by atoms with Gasteiger partial charge in [0.15, 0.2) is 0 Å². The second kappa shape index (κ2) is 14.0. The molecule has 0 radical (unpaired) electrons. The number of fused-ring (bicyclic) bond motifs is 6. The van der Waals surface area contributed by atoms with Gasteiger partial charge in [-0.15, -0.1) is 0 Å². The fourth-order valence-corrected chi connectivity index (χ4v) is 10.2. The molecular weight excluding hydrogens is 723 g/mol. The summed E-state index contributed by atoms with van der Waals surface area (Å²) in [6.45, 7) is 7.13. The third-order valence-corrected chi connectivity index (χ3v) is 13.3. The highest BCUT2D eigenvalue weighted by molar-refractivity contribution is 5.90. The fourth-order valence-electron chi connectivity index (χ4n) is 10.2. The van der Waals surface area contributed by atoms with Gasteiger partial charge in [-0.3, -0.25) is 0 Å². The molecule has 0 N–H and O–H groups in total. The standard InChI is InChI=1S/C59H45N/c1-58(2)54-25-15-13-23-50(54)52-33-31-48(38-56(52)58)60(49-32-34-53-51-24-14-16-26-55(51)59(3,57(53)39-49)46-21-11-6-12-22-46)47-29-27-42(28-30-47)45-36-43(40-17-7-4-8-18-40)35-44(37-45)41-19-9-5-10-20-41/h4-39H,1-3H3. The number of rotatable bonds is 7. The Balaban J connectivity index is 1.07. The van der Waals surface area contributed by atoms with Gasteiger partial charge in [0, 0.05) is 27.9 Å². The van der Waals surface area contributed by atoms with E-state index in [1.807, 2.05) is 0 Å². The molecule has 1 nitrogen and oxygen atoms in total. The lowest BCUT2D eigenvalue weighted by molar-refractivity contribution is 0.660. The van der Waals surface area contributed by atoms with Crippen LogP contribution in [0.5, 0.6) is 0 Å². The van der Waals surface area contributed by atoms with E-state index in [1.165, 1.54) is 83.5 Å². The second-order valence-corrected chi connectivity index (χ2v) is 17.1. The van der Waals surface area contributed by atoms with Gasteiger partial charge < -0.3 is 4.90 Å². The van der Waals surface area contributed by atoms with E-state index in [9.17, 15) is 0 Å². The molecule has 0 bridgehead atoms. The molecule has 286 valence electrons. The van der Waals surface area contributed by atoms with Crippen LogP contribution >= 0.6 is 0 Å². The molecule has 1 heteroatoms. The Bertz CT molecular complexity index is 2990. The van der Waals surface area contributed by atoms with E-state index in [2.05, 4.69) is 244 Å². The first-order valence-corrected chi connectivity index (χ1v) is 21.1. The van der Waals surface area contributed by atoms with Gasteiger partial charge in [0.2, 0.25) is 0 Å². The average molecular weight is 768 g/mol. The van der Waals surface area contributed by atoms with Crippen LogP contribution in [0, 0.1) is 0 Å². The maximum atomic E-state index is 2.47. The van der Waals surface area contributed by atoms with Crippen molar-refractivity contribution in [1.82, 2.24) is 0 Å². The number of nitrogens with zero attached hydrogens (tertiary/aromatic N) is 1. The highest BCUT2D eigenvalue weighted by atomic mass is 15.1. The predicted octanol–water partition coefficient (Wildman–Crippen LogP) is 15.8. The van der Waals surface area contributed by atoms with Crippen LogP contribution in [0.3, 0.4) is 0 Å². The van der Waals surface area contributed by atoms with E-state index in [4.69, 9.17) is 0 Å². The number of hydrogen-bond donors (Lipinski definition) is 0. The number of anilines is 3. The molecule has 1 atom stereocenters. The minimum absolute atomic E-state index is 0.122. The van der Waals surface area contributed by atoms with Crippen LogP contribution in [0.15, 0.2) is 218 Å². The summed E-state index contributed by atoms with van der Waals surface area (Å²) in [4.78, 5) is 2.47. The lowest BCUT2D eigenvalue weighted by Gasteiger charge is -2.31. The van der Waals surface area contributed by atoms with E-state index in [0.717, 1.165) is 17.1 Å². The minimum atomic E-state index is -0.305. The van der Waals surface area contributed by atoms with E-state index < -0.39 is 0 Å². The molecule has 1 unspecified atom stereocenters.